The molecule has 2 heteroatoms. The molecule has 0 aliphatic heterocycles. The predicted octanol–water partition coefficient (Wildman–Crippen LogP) is 14.0. The molecule has 0 amide bonds. The van der Waals surface area contributed by atoms with Crippen LogP contribution in [-0.4, -0.2) is 9.13 Å². The number of nitrogens with zero attached hydrogens (tertiary/aromatic N) is 2. The summed E-state index contributed by atoms with van der Waals surface area (Å²) in [6.45, 7) is 0. The molecule has 0 aliphatic carbocycles. The van der Waals surface area contributed by atoms with E-state index in [1.807, 2.05) is 0 Å². The van der Waals surface area contributed by atoms with Crippen molar-refractivity contribution in [1.82, 2.24) is 9.13 Å². The number of hydrogen-bond acceptors (Lipinski definition) is 0. The Morgan fingerprint density at radius 2 is 0.722 bits per heavy atom. The summed E-state index contributed by atoms with van der Waals surface area (Å²) in [6.07, 6.45) is 0. The predicted molar refractivity (Wildman–Crippen MR) is 229 cm³/mol. The van der Waals surface area contributed by atoms with Gasteiger partial charge in [0.2, 0.25) is 0 Å². The molecule has 0 N–H and O–H groups in total. The van der Waals surface area contributed by atoms with Crippen LogP contribution in [0.1, 0.15) is 0 Å². The minimum Gasteiger partial charge on any atom is -0.309 e. The lowest BCUT2D eigenvalue weighted by atomic mass is 9.93. The van der Waals surface area contributed by atoms with Crippen molar-refractivity contribution in [3.8, 4) is 44.8 Å². The summed E-state index contributed by atoms with van der Waals surface area (Å²) < 4.78 is 4.83. The zero-order valence-electron chi connectivity index (χ0n) is 29.5. The van der Waals surface area contributed by atoms with Crippen LogP contribution in [0.2, 0.25) is 0 Å². The lowest BCUT2D eigenvalue weighted by molar-refractivity contribution is 1.18. The first-order chi connectivity index (χ1) is 26.8. The molecule has 0 atom stereocenters. The van der Waals surface area contributed by atoms with E-state index in [4.69, 9.17) is 0 Å². The van der Waals surface area contributed by atoms with E-state index in [1.165, 1.54) is 93.5 Å². The van der Waals surface area contributed by atoms with Crippen LogP contribution < -0.4 is 0 Å². The third-order valence-electron chi connectivity index (χ3n) is 11.1. The van der Waals surface area contributed by atoms with Gasteiger partial charge in [-0.15, -0.1) is 0 Å². The van der Waals surface area contributed by atoms with Gasteiger partial charge < -0.3 is 9.13 Å². The molecule has 0 bridgehead atoms. The number of hydrogen-bond donors (Lipinski definition) is 0. The van der Waals surface area contributed by atoms with Crippen LogP contribution in [0.4, 0.5) is 0 Å². The number of aromatic nitrogens is 2. The monoisotopic (exact) mass is 686 g/mol. The summed E-state index contributed by atoms with van der Waals surface area (Å²) in [7, 11) is 0. The average molecular weight is 687 g/mol. The van der Waals surface area contributed by atoms with Crippen molar-refractivity contribution in [1.29, 1.82) is 0 Å². The Labute approximate surface area is 313 Å². The van der Waals surface area contributed by atoms with Gasteiger partial charge in [0, 0.05) is 32.9 Å². The van der Waals surface area contributed by atoms with Crippen LogP contribution in [-0.2, 0) is 0 Å². The van der Waals surface area contributed by atoms with Gasteiger partial charge in [-0.1, -0.05) is 133 Å². The van der Waals surface area contributed by atoms with Gasteiger partial charge >= 0.3 is 0 Å². The summed E-state index contributed by atoms with van der Waals surface area (Å²) in [5, 5.41) is 7.59. The largest absolute Gasteiger partial charge is 0.309 e. The summed E-state index contributed by atoms with van der Waals surface area (Å²) in [5.41, 5.74) is 14.4. The first-order valence-electron chi connectivity index (χ1n) is 18.6. The quantitative estimate of drug-likeness (QED) is 0.171. The number of para-hydroxylation sites is 3. The summed E-state index contributed by atoms with van der Waals surface area (Å²) >= 11 is 0. The topological polar surface area (TPSA) is 9.86 Å². The van der Waals surface area contributed by atoms with Crippen LogP contribution in [0.25, 0.3) is 99.1 Å². The molecule has 2 nitrogen and oxygen atoms in total. The molecule has 0 radical (unpaired) electrons. The smallest absolute Gasteiger partial charge is 0.0547 e. The van der Waals surface area contributed by atoms with E-state index in [9.17, 15) is 0 Å². The molecular weight excluding hydrogens is 653 g/mol. The van der Waals surface area contributed by atoms with Crippen molar-refractivity contribution in [2.24, 2.45) is 0 Å². The van der Waals surface area contributed by atoms with Crippen molar-refractivity contribution >= 4 is 54.4 Å². The Bertz CT molecular complexity index is 3110. The van der Waals surface area contributed by atoms with E-state index in [0.717, 1.165) is 5.69 Å². The fourth-order valence-electron chi connectivity index (χ4n) is 8.58. The lowest BCUT2D eigenvalue weighted by Crippen LogP contribution is -1.94. The van der Waals surface area contributed by atoms with E-state index in [2.05, 4.69) is 215 Å². The highest BCUT2D eigenvalue weighted by atomic mass is 15.0. The molecule has 252 valence electrons. The number of rotatable bonds is 5. The Balaban J connectivity index is 1.09. The molecule has 0 saturated heterocycles. The second-order valence-electron chi connectivity index (χ2n) is 14.2. The Kier molecular flexibility index (Phi) is 6.90. The standard InChI is InChI=1S/C52H34N2/c1-4-14-35(15-5-1)39-30-40(36-16-6-2-7-17-36)32-41(31-39)37-24-27-43(28-25-37)53-49-23-13-11-21-45(49)52-46-34-47-44-20-10-12-22-48(44)54(42-18-8-3-9-19-42)51(47)33-38(46)26-29-50(52)53/h1-34H. The molecule has 0 saturated carbocycles. The van der Waals surface area contributed by atoms with E-state index >= 15 is 0 Å². The Hall–Kier alpha value is -7.16. The molecule has 0 aliphatic rings. The molecule has 54 heavy (non-hydrogen) atoms. The fraction of sp³-hybridized carbons (Fsp3) is 0. The van der Waals surface area contributed by atoms with Crippen molar-refractivity contribution in [3.63, 3.8) is 0 Å². The number of fused-ring (bicyclic) bond motifs is 8. The highest BCUT2D eigenvalue weighted by Gasteiger charge is 2.18. The molecule has 11 aromatic rings. The molecule has 0 spiro atoms. The Morgan fingerprint density at radius 3 is 1.35 bits per heavy atom. The van der Waals surface area contributed by atoms with E-state index in [0.29, 0.717) is 0 Å². The van der Waals surface area contributed by atoms with Gasteiger partial charge in [-0.2, -0.15) is 0 Å². The van der Waals surface area contributed by atoms with Gasteiger partial charge in [0.1, 0.15) is 0 Å². The zero-order valence-corrected chi connectivity index (χ0v) is 29.5. The second-order valence-corrected chi connectivity index (χ2v) is 14.2. The van der Waals surface area contributed by atoms with Crippen molar-refractivity contribution in [3.05, 3.63) is 206 Å². The minimum atomic E-state index is 1.15. The first kappa shape index (κ1) is 30.5. The maximum Gasteiger partial charge on any atom is 0.0547 e. The molecule has 9 aromatic carbocycles. The maximum atomic E-state index is 2.43. The third kappa shape index (κ3) is 4.81. The molecule has 0 fully saturated rings. The van der Waals surface area contributed by atoms with Crippen molar-refractivity contribution in [2.45, 2.75) is 0 Å². The van der Waals surface area contributed by atoms with Gasteiger partial charge in [0.25, 0.3) is 0 Å². The molecule has 2 heterocycles. The van der Waals surface area contributed by atoms with Gasteiger partial charge in [0.05, 0.1) is 22.1 Å². The zero-order chi connectivity index (χ0) is 35.6. The summed E-state index contributed by atoms with van der Waals surface area (Å²) in [4.78, 5) is 0. The van der Waals surface area contributed by atoms with Crippen LogP contribution in [0.3, 0.4) is 0 Å². The van der Waals surface area contributed by atoms with Gasteiger partial charge in [-0.05, 0) is 117 Å². The Morgan fingerprint density at radius 1 is 0.241 bits per heavy atom. The third-order valence-corrected chi connectivity index (χ3v) is 11.1. The fourth-order valence-corrected chi connectivity index (χ4v) is 8.58. The summed E-state index contributed by atoms with van der Waals surface area (Å²) in [6, 6.07) is 75.2. The number of benzene rings is 9. The van der Waals surface area contributed by atoms with Crippen LogP contribution >= 0.6 is 0 Å². The molecule has 0 unspecified atom stereocenters. The van der Waals surface area contributed by atoms with Gasteiger partial charge in [-0.3, -0.25) is 0 Å². The normalized spacial score (nSPS) is 11.7. The minimum absolute atomic E-state index is 1.15. The maximum absolute atomic E-state index is 2.43. The van der Waals surface area contributed by atoms with Gasteiger partial charge in [0.15, 0.2) is 0 Å². The summed E-state index contributed by atoms with van der Waals surface area (Å²) in [5.74, 6) is 0. The van der Waals surface area contributed by atoms with E-state index < -0.39 is 0 Å². The molecule has 11 rings (SSSR count). The highest BCUT2D eigenvalue weighted by Crippen LogP contribution is 2.41. The first-order valence-corrected chi connectivity index (χ1v) is 18.6. The van der Waals surface area contributed by atoms with Gasteiger partial charge in [-0.25, -0.2) is 0 Å². The molecular formula is C52H34N2. The second kappa shape index (κ2) is 12.2. The van der Waals surface area contributed by atoms with Crippen molar-refractivity contribution in [2.75, 3.05) is 0 Å². The van der Waals surface area contributed by atoms with E-state index in [-0.39, 0.29) is 0 Å². The van der Waals surface area contributed by atoms with Crippen LogP contribution in [0, 0.1) is 0 Å². The lowest BCUT2D eigenvalue weighted by Gasteiger charge is -2.13. The SMILES string of the molecule is c1ccc(-c2cc(-c3ccccc3)cc(-c3ccc(-n4c5ccccc5c5c6cc7c8ccccc8n(-c8ccccc8)c7cc6ccc54)cc3)c2)cc1. The van der Waals surface area contributed by atoms with E-state index in [1.54, 1.807) is 0 Å². The molecule has 2 aromatic heterocycles. The van der Waals surface area contributed by atoms with Crippen LogP contribution in [0.5, 0.6) is 0 Å². The average Bonchev–Trinajstić information content (AvgIpc) is 3.76. The highest BCUT2D eigenvalue weighted by molar-refractivity contribution is 6.25. The van der Waals surface area contributed by atoms with Crippen molar-refractivity contribution < 1.29 is 0 Å². The van der Waals surface area contributed by atoms with Crippen LogP contribution in [0.15, 0.2) is 206 Å².